The summed E-state index contributed by atoms with van der Waals surface area (Å²) in [5.74, 6) is -1.47. The van der Waals surface area contributed by atoms with E-state index in [9.17, 15) is 9.59 Å². The number of aromatic carboxylic acids is 1. The van der Waals surface area contributed by atoms with Gasteiger partial charge in [-0.05, 0) is 6.92 Å². The molecule has 2 aromatic rings. The Bertz CT molecular complexity index is 654. The van der Waals surface area contributed by atoms with Crippen molar-refractivity contribution in [1.82, 2.24) is 20.3 Å². The molecule has 110 valence electrons. The van der Waals surface area contributed by atoms with Crippen molar-refractivity contribution in [2.75, 3.05) is 6.54 Å². The van der Waals surface area contributed by atoms with Gasteiger partial charge < -0.3 is 10.4 Å². The summed E-state index contributed by atoms with van der Waals surface area (Å²) in [7, 11) is 0. The number of hydrogen-bond acceptors (Lipinski definition) is 6. The maximum Gasteiger partial charge on any atom is 0.356 e. The van der Waals surface area contributed by atoms with Gasteiger partial charge in [-0.2, -0.15) is 0 Å². The van der Waals surface area contributed by atoms with Crippen LogP contribution < -0.4 is 5.32 Å². The van der Waals surface area contributed by atoms with Crippen molar-refractivity contribution < 1.29 is 14.7 Å². The molecule has 7 nitrogen and oxygen atoms in total. The number of carbonyl (C=O) groups excluding carboxylic acids is 1. The highest BCUT2D eigenvalue weighted by Crippen LogP contribution is 2.20. The van der Waals surface area contributed by atoms with Gasteiger partial charge in [-0.1, -0.05) is 6.92 Å². The largest absolute Gasteiger partial charge is 0.476 e. The normalized spacial score (nSPS) is 11.9. The van der Waals surface area contributed by atoms with Gasteiger partial charge in [0, 0.05) is 23.5 Å². The Morgan fingerprint density at radius 3 is 2.43 bits per heavy atom. The lowest BCUT2D eigenvalue weighted by Gasteiger charge is -2.09. The molecule has 8 heteroatoms. The van der Waals surface area contributed by atoms with Crippen molar-refractivity contribution in [2.45, 2.75) is 19.8 Å². The maximum absolute atomic E-state index is 11.9. The molecule has 0 saturated carbocycles. The fourth-order valence-corrected chi connectivity index (χ4v) is 2.40. The van der Waals surface area contributed by atoms with E-state index in [0.717, 1.165) is 22.3 Å². The number of carboxylic acid groups (broad SMARTS) is 1. The van der Waals surface area contributed by atoms with Gasteiger partial charge in [0.2, 0.25) is 0 Å². The lowest BCUT2D eigenvalue weighted by atomic mass is 10.2. The Hall–Kier alpha value is -2.35. The Balaban J connectivity index is 1.93. The zero-order chi connectivity index (χ0) is 15.4. The van der Waals surface area contributed by atoms with E-state index < -0.39 is 5.97 Å². The second-order valence-electron chi connectivity index (χ2n) is 4.51. The average molecular weight is 306 g/mol. The van der Waals surface area contributed by atoms with Crippen LogP contribution in [-0.2, 0) is 0 Å². The number of carbonyl (C=O) groups is 2. The number of thiazole rings is 1. The second-order valence-corrected chi connectivity index (χ2v) is 5.78. The Kier molecular flexibility index (Phi) is 4.59. The summed E-state index contributed by atoms with van der Waals surface area (Å²) in [4.78, 5) is 35.4. The predicted octanol–water partition coefficient (Wildman–Crippen LogP) is 1.47. The van der Waals surface area contributed by atoms with Crippen molar-refractivity contribution in [3.63, 3.8) is 0 Å². The van der Waals surface area contributed by atoms with E-state index in [1.54, 1.807) is 17.5 Å². The first-order valence-electron chi connectivity index (χ1n) is 6.23. The van der Waals surface area contributed by atoms with Crippen LogP contribution in [0.25, 0.3) is 0 Å². The van der Waals surface area contributed by atoms with Crippen molar-refractivity contribution >= 4 is 23.2 Å². The minimum atomic E-state index is -1.18. The topological polar surface area (TPSA) is 105 Å². The smallest absolute Gasteiger partial charge is 0.356 e. The van der Waals surface area contributed by atoms with Crippen LogP contribution in [0.4, 0.5) is 0 Å². The van der Waals surface area contributed by atoms with Crippen molar-refractivity contribution in [1.29, 1.82) is 0 Å². The summed E-state index contributed by atoms with van der Waals surface area (Å²) >= 11 is 1.59. The maximum atomic E-state index is 11.9. The van der Waals surface area contributed by atoms with Crippen LogP contribution in [0.15, 0.2) is 18.6 Å². The third kappa shape index (κ3) is 3.82. The Labute approximate surface area is 125 Å². The molecule has 0 aliphatic heterocycles. The molecular weight excluding hydrogens is 292 g/mol. The molecule has 2 rings (SSSR count). The van der Waals surface area contributed by atoms with Gasteiger partial charge in [0.05, 0.1) is 17.4 Å². The molecule has 0 radical (unpaired) electrons. The van der Waals surface area contributed by atoms with E-state index >= 15 is 0 Å². The molecule has 2 aromatic heterocycles. The van der Waals surface area contributed by atoms with Gasteiger partial charge in [0.15, 0.2) is 5.69 Å². The predicted molar refractivity (Wildman–Crippen MR) is 76.6 cm³/mol. The molecule has 0 aromatic carbocycles. The van der Waals surface area contributed by atoms with Crippen molar-refractivity contribution in [2.24, 2.45) is 0 Å². The fraction of sp³-hybridized carbons (Fsp3) is 0.308. The van der Waals surface area contributed by atoms with Gasteiger partial charge in [-0.25, -0.2) is 19.7 Å². The van der Waals surface area contributed by atoms with Crippen LogP contribution >= 0.6 is 11.3 Å². The van der Waals surface area contributed by atoms with Crippen molar-refractivity contribution in [3.05, 3.63) is 39.9 Å². The number of aromatic nitrogens is 3. The first-order valence-corrected chi connectivity index (χ1v) is 7.05. The second kappa shape index (κ2) is 6.40. The summed E-state index contributed by atoms with van der Waals surface area (Å²) in [6.45, 7) is 4.37. The van der Waals surface area contributed by atoms with Crippen LogP contribution in [0.5, 0.6) is 0 Å². The fourth-order valence-electron chi connectivity index (χ4n) is 1.58. The number of rotatable bonds is 5. The first-order chi connectivity index (χ1) is 9.97. The zero-order valence-corrected chi connectivity index (χ0v) is 12.3. The van der Waals surface area contributed by atoms with Gasteiger partial charge in [-0.15, -0.1) is 11.3 Å². The molecule has 1 amide bonds. The number of amides is 1. The SMILES string of the molecule is Cc1cnc(C(C)CNC(=O)c2cnc(C(=O)O)cn2)s1. The van der Waals surface area contributed by atoms with E-state index in [0.29, 0.717) is 6.54 Å². The molecule has 2 N–H and O–H groups in total. The highest BCUT2D eigenvalue weighted by Gasteiger charge is 2.14. The zero-order valence-electron chi connectivity index (χ0n) is 11.5. The number of nitrogens with one attached hydrogen (secondary N) is 1. The van der Waals surface area contributed by atoms with Crippen LogP contribution in [-0.4, -0.2) is 38.5 Å². The molecule has 0 bridgehead atoms. The molecule has 0 aliphatic rings. The number of aryl methyl sites for hydroxylation is 1. The van der Waals surface area contributed by atoms with E-state index in [1.165, 1.54) is 0 Å². The highest BCUT2D eigenvalue weighted by molar-refractivity contribution is 7.11. The molecule has 1 unspecified atom stereocenters. The van der Waals surface area contributed by atoms with Gasteiger partial charge >= 0.3 is 5.97 Å². The minimum Gasteiger partial charge on any atom is -0.476 e. The summed E-state index contributed by atoms with van der Waals surface area (Å²) in [5, 5.41) is 12.4. The Morgan fingerprint density at radius 2 is 1.90 bits per heavy atom. The summed E-state index contributed by atoms with van der Waals surface area (Å²) in [6, 6.07) is 0. The van der Waals surface area contributed by atoms with Gasteiger partial charge in [-0.3, -0.25) is 4.79 Å². The molecule has 0 aliphatic carbocycles. The third-order valence-corrected chi connectivity index (χ3v) is 3.88. The molecule has 0 fully saturated rings. The monoisotopic (exact) mass is 306 g/mol. The van der Waals surface area contributed by atoms with Crippen LogP contribution in [0, 0.1) is 6.92 Å². The molecule has 2 heterocycles. The van der Waals surface area contributed by atoms with Gasteiger partial charge in [0.1, 0.15) is 5.69 Å². The van der Waals surface area contributed by atoms with Gasteiger partial charge in [0.25, 0.3) is 5.91 Å². The number of nitrogens with zero attached hydrogens (tertiary/aromatic N) is 3. The summed E-state index contributed by atoms with van der Waals surface area (Å²) in [5.41, 5.74) is -0.110. The van der Waals surface area contributed by atoms with Crippen LogP contribution in [0.1, 0.15) is 43.7 Å². The summed E-state index contributed by atoms with van der Waals surface area (Å²) in [6.07, 6.45) is 4.01. The van der Waals surface area contributed by atoms with Crippen LogP contribution in [0.3, 0.4) is 0 Å². The number of hydrogen-bond donors (Lipinski definition) is 2. The van der Waals surface area contributed by atoms with E-state index in [1.807, 2.05) is 13.8 Å². The van der Waals surface area contributed by atoms with Crippen molar-refractivity contribution in [3.8, 4) is 0 Å². The molecule has 21 heavy (non-hydrogen) atoms. The number of carboxylic acids is 1. The van der Waals surface area contributed by atoms with E-state index in [4.69, 9.17) is 5.11 Å². The Morgan fingerprint density at radius 1 is 1.24 bits per heavy atom. The first kappa shape index (κ1) is 15.0. The molecule has 1 atom stereocenters. The lowest BCUT2D eigenvalue weighted by molar-refractivity contribution is 0.0689. The summed E-state index contributed by atoms with van der Waals surface area (Å²) < 4.78 is 0. The average Bonchev–Trinajstić information content (AvgIpc) is 2.91. The highest BCUT2D eigenvalue weighted by atomic mass is 32.1. The quantitative estimate of drug-likeness (QED) is 0.866. The van der Waals surface area contributed by atoms with E-state index in [2.05, 4.69) is 20.3 Å². The standard InChI is InChI=1S/C13H14N4O3S/c1-7(12-17-4-8(2)21-12)3-16-11(18)9-5-15-10(6-14-9)13(19)20/h4-7H,3H2,1-2H3,(H,16,18)(H,19,20). The molecular formula is C13H14N4O3S. The molecule has 0 saturated heterocycles. The van der Waals surface area contributed by atoms with E-state index in [-0.39, 0.29) is 23.2 Å². The minimum absolute atomic E-state index is 0.0857. The molecule has 0 spiro atoms. The lowest BCUT2D eigenvalue weighted by Crippen LogP contribution is -2.28. The third-order valence-electron chi connectivity index (χ3n) is 2.73. The van der Waals surface area contributed by atoms with Crippen LogP contribution in [0.2, 0.25) is 0 Å².